The van der Waals surface area contributed by atoms with Gasteiger partial charge in [-0.05, 0) is 12.1 Å². The molecule has 0 atom stereocenters. The lowest BCUT2D eigenvalue weighted by atomic mass is 10.2. The summed E-state index contributed by atoms with van der Waals surface area (Å²) in [6, 6.07) is 3.11. The molecule has 0 bridgehead atoms. The van der Waals surface area contributed by atoms with Crippen molar-refractivity contribution >= 4 is 39.1 Å². The monoisotopic (exact) mass is 213 g/mol. The zero-order valence-corrected chi connectivity index (χ0v) is 7.89. The Labute approximate surface area is 82.6 Å². The summed E-state index contributed by atoms with van der Waals surface area (Å²) >= 11 is 7.19. The van der Waals surface area contributed by atoms with Gasteiger partial charge in [0.05, 0.1) is 26.3 Å². The topological polar surface area (TPSA) is 50.2 Å². The van der Waals surface area contributed by atoms with Crippen LogP contribution in [0.1, 0.15) is 10.4 Å². The summed E-state index contributed by atoms with van der Waals surface area (Å²) in [6.07, 6.45) is 0. The maximum absolute atomic E-state index is 10.7. The van der Waals surface area contributed by atoms with Gasteiger partial charge in [0.2, 0.25) is 0 Å². The first-order valence-corrected chi connectivity index (χ1v) is 4.70. The number of nitrogens with zero attached hydrogens (tertiary/aromatic N) is 1. The summed E-state index contributed by atoms with van der Waals surface area (Å²) in [4.78, 5) is 14.7. The van der Waals surface area contributed by atoms with Crippen LogP contribution in [-0.2, 0) is 0 Å². The van der Waals surface area contributed by atoms with Crippen molar-refractivity contribution in [1.29, 1.82) is 0 Å². The molecular weight excluding hydrogens is 210 g/mol. The van der Waals surface area contributed by atoms with Gasteiger partial charge in [0.25, 0.3) is 0 Å². The molecule has 0 spiro atoms. The van der Waals surface area contributed by atoms with Gasteiger partial charge < -0.3 is 5.11 Å². The van der Waals surface area contributed by atoms with Crippen LogP contribution in [0, 0.1) is 0 Å². The number of hydrogen-bond donors (Lipinski definition) is 1. The Morgan fingerprint density at radius 3 is 3.00 bits per heavy atom. The quantitative estimate of drug-likeness (QED) is 0.792. The molecule has 5 heteroatoms. The maximum atomic E-state index is 10.7. The van der Waals surface area contributed by atoms with Gasteiger partial charge in [-0.15, -0.1) is 11.3 Å². The second kappa shape index (κ2) is 2.97. The van der Waals surface area contributed by atoms with E-state index in [0.717, 1.165) is 4.70 Å². The molecule has 2 rings (SSSR count). The van der Waals surface area contributed by atoms with Gasteiger partial charge in [-0.3, -0.25) is 0 Å². The van der Waals surface area contributed by atoms with Crippen LogP contribution in [0.2, 0.25) is 5.02 Å². The lowest BCUT2D eigenvalue weighted by Gasteiger charge is -1.97. The number of carboxylic acid groups (broad SMARTS) is 1. The Balaban J connectivity index is 2.76. The Kier molecular flexibility index (Phi) is 1.94. The van der Waals surface area contributed by atoms with E-state index in [-0.39, 0.29) is 10.6 Å². The Morgan fingerprint density at radius 1 is 1.54 bits per heavy atom. The molecule has 2 aromatic rings. The van der Waals surface area contributed by atoms with Gasteiger partial charge in [0, 0.05) is 0 Å². The standard InChI is InChI=1S/C8H4ClNO2S/c9-5-2-7-6(10-3-13-7)1-4(5)8(11)12/h1-3H,(H,11,12). The van der Waals surface area contributed by atoms with Gasteiger partial charge in [0.15, 0.2) is 0 Å². The number of fused-ring (bicyclic) bond motifs is 1. The number of aromatic carboxylic acids is 1. The first-order valence-electron chi connectivity index (χ1n) is 3.44. The summed E-state index contributed by atoms with van der Waals surface area (Å²) in [7, 11) is 0. The third-order valence-electron chi connectivity index (χ3n) is 1.65. The summed E-state index contributed by atoms with van der Waals surface area (Å²) in [5.41, 5.74) is 2.43. The fourth-order valence-corrected chi connectivity index (χ4v) is 2.05. The highest BCUT2D eigenvalue weighted by atomic mass is 35.5. The molecular formula is C8H4ClNO2S. The number of aromatic nitrogens is 1. The molecule has 0 amide bonds. The maximum Gasteiger partial charge on any atom is 0.337 e. The highest BCUT2D eigenvalue weighted by Gasteiger charge is 2.10. The zero-order valence-electron chi connectivity index (χ0n) is 6.32. The number of benzene rings is 1. The smallest absolute Gasteiger partial charge is 0.337 e. The van der Waals surface area contributed by atoms with Crippen LogP contribution in [0.5, 0.6) is 0 Å². The number of rotatable bonds is 1. The molecule has 1 aromatic carbocycles. The van der Waals surface area contributed by atoms with Gasteiger partial charge in [-0.25, -0.2) is 9.78 Å². The van der Waals surface area contributed by atoms with Crippen molar-refractivity contribution in [3.8, 4) is 0 Å². The van der Waals surface area contributed by atoms with Gasteiger partial charge in [-0.2, -0.15) is 0 Å². The second-order valence-electron chi connectivity index (χ2n) is 2.46. The highest BCUT2D eigenvalue weighted by Crippen LogP contribution is 2.25. The van der Waals surface area contributed by atoms with E-state index in [9.17, 15) is 4.79 Å². The predicted octanol–water partition coefficient (Wildman–Crippen LogP) is 2.65. The third-order valence-corrected chi connectivity index (χ3v) is 2.75. The Morgan fingerprint density at radius 2 is 2.31 bits per heavy atom. The van der Waals surface area contributed by atoms with Crippen LogP contribution < -0.4 is 0 Å². The van der Waals surface area contributed by atoms with Crippen LogP contribution >= 0.6 is 22.9 Å². The number of carbonyl (C=O) groups is 1. The van der Waals surface area contributed by atoms with Crippen molar-refractivity contribution in [1.82, 2.24) is 4.98 Å². The lowest BCUT2D eigenvalue weighted by molar-refractivity contribution is 0.0697. The van der Waals surface area contributed by atoms with E-state index in [2.05, 4.69) is 4.98 Å². The number of carboxylic acids is 1. The third kappa shape index (κ3) is 1.38. The minimum Gasteiger partial charge on any atom is -0.478 e. The van der Waals surface area contributed by atoms with E-state index < -0.39 is 5.97 Å². The fraction of sp³-hybridized carbons (Fsp3) is 0. The Bertz CT molecular complexity index is 480. The number of hydrogen-bond acceptors (Lipinski definition) is 3. The number of halogens is 1. The minimum atomic E-state index is -1.03. The summed E-state index contributed by atoms with van der Waals surface area (Å²) in [5, 5.41) is 9.01. The Hall–Kier alpha value is -1.13. The molecule has 13 heavy (non-hydrogen) atoms. The van der Waals surface area contributed by atoms with Crippen LogP contribution in [0.25, 0.3) is 10.2 Å². The summed E-state index contributed by atoms with van der Waals surface area (Å²) < 4.78 is 0.898. The van der Waals surface area contributed by atoms with E-state index in [1.165, 1.54) is 17.4 Å². The molecule has 0 unspecified atom stereocenters. The molecule has 0 aliphatic heterocycles. The molecule has 0 fully saturated rings. The minimum absolute atomic E-state index is 0.0973. The molecule has 0 aliphatic rings. The van der Waals surface area contributed by atoms with E-state index in [1.807, 2.05) is 0 Å². The summed E-state index contributed by atoms with van der Waals surface area (Å²) in [5.74, 6) is -1.03. The molecule has 0 saturated heterocycles. The van der Waals surface area contributed by atoms with Gasteiger partial charge >= 0.3 is 5.97 Å². The zero-order chi connectivity index (χ0) is 9.42. The number of thiazole rings is 1. The van der Waals surface area contributed by atoms with E-state index in [1.54, 1.807) is 11.6 Å². The molecule has 3 nitrogen and oxygen atoms in total. The molecule has 0 aliphatic carbocycles. The van der Waals surface area contributed by atoms with E-state index >= 15 is 0 Å². The SMILES string of the molecule is O=C(O)c1cc2ncsc2cc1Cl. The highest BCUT2D eigenvalue weighted by molar-refractivity contribution is 7.16. The van der Waals surface area contributed by atoms with E-state index in [0.29, 0.717) is 5.52 Å². The van der Waals surface area contributed by atoms with Crippen molar-refractivity contribution in [2.45, 2.75) is 0 Å². The van der Waals surface area contributed by atoms with Crippen molar-refractivity contribution in [3.05, 3.63) is 28.2 Å². The first-order chi connectivity index (χ1) is 6.18. The molecule has 0 saturated carbocycles. The van der Waals surface area contributed by atoms with Gasteiger partial charge in [0.1, 0.15) is 0 Å². The van der Waals surface area contributed by atoms with Crippen LogP contribution in [-0.4, -0.2) is 16.1 Å². The van der Waals surface area contributed by atoms with Crippen molar-refractivity contribution in [2.24, 2.45) is 0 Å². The van der Waals surface area contributed by atoms with Crippen LogP contribution in [0.4, 0.5) is 0 Å². The first kappa shape index (κ1) is 8.47. The van der Waals surface area contributed by atoms with Crippen LogP contribution in [0.15, 0.2) is 17.6 Å². The normalized spacial score (nSPS) is 10.5. The van der Waals surface area contributed by atoms with Crippen molar-refractivity contribution < 1.29 is 9.90 Å². The second-order valence-corrected chi connectivity index (χ2v) is 3.75. The molecule has 1 heterocycles. The average Bonchev–Trinajstić information content (AvgIpc) is 2.48. The van der Waals surface area contributed by atoms with E-state index in [4.69, 9.17) is 16.7 Å². The molecule has 1 N–H and O–H groups in total. The van der Waals surface area contributed by atoms with Crippen molar-refractivity contribution in [3.63, 3.8) is 0 Å². The fourth-order valence-electron chi connectivity index (χ4n) is 1.04. The van der Waals surface area contributed by atoms with Crippen LogP contribution in [0.3, 0.4) is 0 Å². The molecule has 0 radical (unpaired) electrons. The largest absolute Gasteiger partial charge is 0.478 e. The predicted molar refractivity (Wildman–Crippen MR) is 51.6 cm³/mol. The lowest BCUT2D eigenvalue weighted by Crippen LogP contribution is -1.96. The average molecular weight is 214 g/mol. The summed E-state index contributed by atoms with van der Waals surface area (Å²) in [6.45, 7) is 0. The van der Waals surface area contributed by atoms with Crippen molar-refractivity contribution in [2.75, 3.05) is 0 Å². The molecule has 1 aromatic heterocycles. The molecule has 66 valence electrons. The van der Waals surface area contributed by atoms with Gasteiger partial charge in [-0.1, -0.05) is 11.6 Å².